The normalized spacial score (nSPS) is 23.9. The van der Waals surface area contributed by atoms with Crippen molar-refractivity contribution in [1.29, 1.82) is 0 Å². The Kier molecular flexibility index (Phi) is 4.99. The van der Waals surface area contributed by atoms with Crippen LogP contribution in [0.15, 0.2) is 24.3 Å². The van der Waals surface area contributed by atoms with Crippen LogP contribution in [0, 0.1) is 6.92 Å². The molecule has 0 aromatic heterocycles. The van der Waals surface area contributed by atoms with Crippen LogP contribution in [0.5, 0.6) is 0 Å². The summed E-state index contributed by atoms with van der Waals surface area (Å²) in [6.45, 7) is 3.85. The molecule has 1 saturated heterocycles. The van der Waals surface area contributed by atoms with Crippen molar-refractivity contribution in [2.45, 2.75) is 31.6 Å². The molecule has 1 amide bonds. The Balaban J connectivity index is 1.76. The van der Waals surface area contributed by atoms with Gasteiger partial charge in [-0.25, -0.2) is 8.42 Å². The third-order valence-corrected chi connectivity index (χ3v) is 6.47. The van der Waals surface area contributed by atoms with Crippen molar-refractivity contribution in [3.63, 3.8) is 0 Å². The van der Waals surface area contributed by atoms with Crippen LogP contribution < -0.4 is 5.32 Å². The van der Waals surface area contributed by atoms with Gasteiger partial charge < -0.3 is 5.32 Å². The molecule has 1 aliphatic rings. The van der Waals surface area contributed by atoms with Gasteiger partial charge in [0.15, 0.2) is 9.84 Å². The van der Waals surface area contributed by atoms with Gasteiger partial charge in [-0.3, -0.25) is 4.79 Å². The van der Waals surface area contributed by atoms with E-state index in [9.17, 15) is 13.2 Å². The molecule has 21 heavy (non-hydrogen) atoms. The minimum absolute atomic E-state index is 0.0500. The fraction of sp³-hybridized carbons (Fsp3) is 0.533. The molecular weight excluding hydrogens is 306 g/mol. The van der Waals surface area contributed by atoms with E-state index in [0.717, 1.165) is 5.75 Å². The van der Waals surface area contributed by atoms with Crippen LogP contribution in [0.1, 0.15) is 24.5 Å². The number of benzene rings is 1. The van der Waals surface area contributed by atoms with Crippen LogP contribution in [0.3, 0.4) is 0 Å². The summed E-state index contributed by atoms with van der Waals surface area (Å²) < 4.78 is 23.0. The van der Waals surface area contributed by atoms with E-state index in [2.05, 4.69) is 29.6 Å². The van der Waals surface area contributed by atoms with E-state index < -0.39 is 15.4 Å². The molecular formula is C15H21NO3S2. The first kappa shape index (κ1) is 16.4. The SMILES string of the molecule is Cc1ccc(CSCC(=O)N[C@@]2(C)CCS(=O)(=O)C2)cc1. The van der Waals surface area contributed by atoms with Crippen molar-refractivity contribution in [3.05, 3.63) is 35.4 Å². The van der Waals surface area contributed by atoms with Gasteiger partial charge in [-0.15, -0.1) is 11.8 Å². The second kappa shape index (κ2) is 6.40. The second-order valence-electron chi connectivity index (χ2n) is 5.93. The smallest absolute Gasteiger partial charge is 0.230 e. The molecule has 1 heterocycles. The highest BCUT2D eigenvalue weighted by molar-refractivity contribution is 7.99. The van der Waals surface area contributed by atoms with Gasteiger partial charge >= 0.3 is 0 Å². The molecule has 6 heteroatoms. The maximum atomic E-state index is 11.9. The predicted octanol–water partition coefficient (Wildman–Crippen LogP) is 1.92. The van der Waals surface area contributed by atoms with E-state index in [0.29, 0.717) is 12.2 Å². The van der Waals surface area contributed by atoms with Crippen molar-refractivity contribution in [1.82, 2.24) is 5.32 Å². The van der Waals surface area contributed by atoms with Gasteiger partial charge in [-0.1, -0.05) is 29.8 Å². The monoisotopic (exact) mass is 327 g/mol. The molecule has 116 valence electrons. The van der Waals surface area contributed by atoms with Crippen molar-refractivity contribution in [3.8, 4) is 0 Å². The maximum Gasteiger partial charge on any atom is 0.230 e. The summed E-state index contributed by atoms with van der Waals surface area (Å²) in [5, 5.41) is 2.87. The van der Waals surface area contributed by atoms with Crippen LogP contribution in [0.25, 0.3) is 0 Å². The number of carbonyl (C=O) groups excluding carboxylic acids is 1. The average molecular weight is 327 g/mol. The highest BCUT2D eigenvalue weighted by atomic mass is 32.2. The maximum absolute atomic E-state index is 11.9. The van der Waals surface area contributed by atoms with Gasteiger partial charge in [0.25, 0.3) is 0 Å². The number of aryl methyl sites for hydroxylation is 1. The highest BCUT2D eigenvalue weighted by Crippen LogP contribution is 2.23. The zero-order valence-electron chi connectivity index (χ0n) is 12.4. The predicted molar refractivity (Wildman–Crippen MR) is 87.2 cm³/mol. The summed E-state index contributed by atoms with van der Waals surface area (Å²) in [4.78, 5) is 11.9. The second-order valence-corrected chi connectivity index (χ2v) is 9.10. The number of carbonyl (C=O) groups is 1. The van der Waals surface area contributed by atoms with E-state index in [1.54, 1.807) is 18.7 Å². The Labute approximate surface area is 130 Å². The lowest BCUT2D eigenvalue weighted by molar-refractivity contribution is -0.120. The minimum Gasteiger partial charge on any atom is -0.349 e. The Hall–Kier alpha value is -1.01. The van der Waals surface area contributed by atoms with Crippen molar-refractivity contribution in [2.24, 2.45) is 0 Å². The molecule has 0 saturated carbocycles. The molecule has 0 spiro atoms. The number of rotatable bonds is 5. The Morgan fingerprint density at radius 2 is 2.00 bits per heavy atom. The first-order chi connectivity index (χ1) is 9.78. The van der Waals surface area contributed by atoms with Crippen LogP contribution >= 0.6 is 11.8 Å². The van der Waals surface area contributed by atoms with Gasteiger partial charge in [0, 0.05) is 5.75 Å². The molecule has 2 rings (SSSR count). The average Bonchev–Trinajstić information content (AvgIpc) is 2.65. The number of thioether (sulfide) groups is 1. The van der Waals surface area contributed by atoms with Gasteiger partial charge in [0.1, 0.15) is 0 Å². The van der Waals surface area contributed by atoms with Crippen LogP contribution in [-0.2, 0) is 20.4 Å². The molecule has 1 aromatic rings. The topological polar surface area (TPSA) is 63.2 Å². The summed E-state index contributed by atoms with van der Waals surface area (Å²) in [5.74, 6) is 1.26. The number of nitrogens with one attached hydrogen (secondary N) is 1. The van der Waals surface area contributed by atoms with Crippen LogP contribution in [0.4, 0.5) is 0 Å². The van der Waals surface area contributed by atoms with Crippen LogP contribution in [-0.4, -0.2) is 37.1 Å². The number of amides is 1. The molecule has 0 bridgehead atoms. The quantitative estimate of drug-likeness (QED) is 0.897. The lowest BCUT2D eigenvalue weighted by Gasteiger charge is -2.23. The number of hydrogen-bond acceptors (Lipinski definition) is 4. The zero-order valence-corrected chi connectivity index (χ0v) is 14.0. The standard InChI is InChI=1S/C15H21NO3S2/c1-12-3-5-13(6-4-12)9-20-10-14(17)16-15(2)7-8-21(18,19)11-15/h3-6H,7-11H2,1-2H3,(H,16,17)/t15-/m0/s1. The van der Waals surface area contributed by atoms with Gasteiger partial charge in [0.2, 0.25) is 5.91 Å². The largest absolute Gasteiger partial charge is 0.349 e. The molecule has 1 fully saturated rings. The lowest BCUT2D eigenvalue weighted by Crippen LogP contribution is -2.47. The molecule has 1 aliphatic heterocycles. The van der Waals surface area contributed by atoms with E-state index in [4.69, 9.17) is 0 Å². The van der Waals surface area contributed by atoms with E-state index in [1.165, 1.54) is 11.1 Å². The molecule has 1 atom stereocenters. The first-order valence-electron chi connectivity index (χ1n) is 6.93. The zero-order chi connectivity index (χ0) is 15.5. The van der Waals surface area contributed by atoms with E-state index >= 15 is 0 Å². The summed E-state index contributed by atoms with van der Waals surface area (Å²) in [7, 11) is -2.99. The molecule has 0 unspecified atom stereocenters. The van der Waals surface area contributed by atoms with Gasteiger partial charge in [-0.2, -0.15) is 0 Å². The molecule has 1 aromatic carbocycles. The molecule has 4 nitrogen and oxygen atoms in total. The lowest BCUT2D eigenvalue weighted by atomic mass is 10.0. The van der Waals surface area contributed by atoms with Crippen molar-refractivity contribution in [2.75, 3.05) is 17.3 Å². The number of hydrogen-bond donors (Lipinski definition) is 1. The van der Waals surface area contributed by atoms with E-state index in [-0.39, 0.29) is 17.4 Å². The third kappa shape index (κ3) is 5.04. The Morgan fingerprint density at radius 1 is 1.33 bits per heavy atom. The molecule has 0 radical (unpaired) electrons. The van der Waals surface area contributed by atoms with Crippen LogP contribution in [0.2, 0.25) is 0 Å². The van der Waals surface area contributed by atoms with Gasteiger partial charge in [0.05, 0.1) is 22.8 Å². The van der Waals surface area contributed by atoms with E-state index in [1.807, 2.05) is 6.92 Å². The molecule has 1 N–H and O–H groups in total. The Morgan fingerprint density at radius 3 is 2.57 bits per heavy atom. The summed E-state index contributed by atoms with van der Waals surface area (Å²) >= 11 is 1.54. The summed E-state index contributed by atoms with van der Waals surface area (Å²) in [5.41, 5.74) is 1.81. The Bertz CT molecular complexity index is 610. The first-order valence-corrected chi connectivity index (χ1v) is 9.90. The molecule has 0 aliphatic carbocycles. The van der Waals surface area contributed by atoms with Crippen molar-refractivity contribution < 1.29 is 13.2 Å². The fourth-order valence-corrected chi connectivity index (χ4v) is 5.31. The van der Waals surface area contributed by atoms with Crippen molar-refractivity contribution >= 4 is 27.5 Å². The fourth-order valence-electron chi connectivity index (χ4n) is 2.43. The summed E-state index contributed by atoms with van der Waals surface area (Å²) in [6.07, 6.45) is 0.504. The highest BCUT2D eigenvalue weighted by Gasteiger charge is 2.39. The number of sulfone groups is 1. The summed E-state index contributed by atoms with van der Waals surface area (Å²) in [6, 6.07) is 8.23. The minimum atomic E-state index is -2.99. The van der Waals surface area contributed by atoms with Gasteiger partial charge in [-0.05, 0) is 25.8 Å². The third-order valence-electron chi connectivity index (χ3n) is 3.57.